The van der Waals surface area contributed by atoms with Crippen molar-refractivity contribution in [1.29, 1.82) is 0 Å². The van der Waals surface area contributed by atoms with Crippen molar-refractivity contribution in [3.8, 4) is 5.75 Å². The molecule has 0 aliphatic rings. The van der Waals surface area contributed by atoms with E-state index in [1.165, 1.54) is 6.07 Å². The third kappa shape index (κ3) is 4.57. The zero-order valence-electron chi connectivity index (χ0n) is 10.1. The van der Waals surface area contributed by atoms with Gasteiger partial charge in [0, 0.05) is 21.8 Å². The molecule has 1 rings (SSSR count). The number of nitro benzene ring substituents is 1. The second-order valence-corrected chi connectivity index (χ2v) is 5.55. The van der Waals surface area contributed by atoms with Gasteiger partial charge in [0.1, 0.15) is 0 Å². The zero-order valence-corrected chi connectivity index (χ0v) is 13.2. The summed E-state index contributed by atoms with van der Waals surface area (Å²) in [7, 11) is 0. The molecule has 0 aliphatic carbocycles. The maximum atomic E-state index is 10.9. The average Bonchev–Trinajstić information content (AvgIpc) is 2.35. The highest BCUT2D eigenvalue weighted by molar-refractivity contribution is 9.10. The highest BCUT2D eigenvalue weighted by Crippen LogP contribution is 2.30. The summed E-state index contributed by atoms with van der Waals surface area (Å²) in [4.78, 5) is 10.5. The molecule has 0 bridgehead atoms. The van der Waals surface area contributed by atoms with Gasteiger partial charge in [-0.05, 0) is 18.6 Å². The molecule has 1 atom stereocenters. The fourth-order valence-electron chi connectivity index (χ4n) is 1.58. The summed E-state index contributed by atoms with van der Waals surface area (Å²) in [5.41, 5.74) is -0.00537. The number of benzene rings is 1. The Morgan fingerprint density at radius 2 is 2.22 bits per heavy atom. The molecule has 0 aromatic heterocycles. The Kier molecular flexibility index (Phi) is 6.63. The van der Waals surface area contributed by atoms with E-state index in [4.69, 9.17) is 4.74 Å². The van der Waals surface area contributed by atoms with Crippen LogP contribution in [0.5, 0.6) is 5.75 Å². The molecule has 0 saturated carbocycles. The first-order valence-corrected chi connectivity index (χ1v) is 7.62. The Balaban J connectivity index is 2.74. The normalized spacial score (nSPS) is 12.2. The zero-order chi connectivity index (χ0) is 13.5. The van der Waals surface area contributed by atoms with E-state index < -0.39 is 4.92 Å². The number of halogens is 2. The molecule has 1 aromatic rings. The van der Waals surface area contributed by atoms with E-state index in [-0.39, 0.29) is 5.69 Å². The molecule has 0 radical (unpaired) electrons. The SMILES string of the molecule is CCCC(CBr)COc1ccc(Br)cc1[N+](=O)[O-]. The highest BCUT2D eigenvalue weighted by atomic mass is 79.9. The van der Waals surface area contributed by atoms with Gasteiger partial charge in [0.25, 0.3) is 0 Å². The first-order valence-electron chi connectivity index (χ1n) is 5.71. The van der Waals surface area contributed by atoms with Crippen LogP contribution in [0.15, 0.2) is 22.7 Å². The van der Waals surface area contributed by atoms with Crippen molar-refractivity contribution in [2.45, 2.75) is 19.8 Å². The van der Waals surface area contributed by atoms with Crippen molar-refractivity contribution in [2.75, 3.05) is 11.9 Å². The molecule has 0 heterocycles. The molecule has 1 unspecified atom stereocenters. The van der Waals surface area contributed by atoms with Crippen LogP contribution in [-0.2, 0) is 0 Å². The van der Waals surface area contributed by atoms with Crippen LogP contribution in [0.4, 0.5) is 5.69 Å². The van der Waals surface area contributed by atoms with Crippen LogP contribution in [0.2, 0.25) is 0 Å². The molecule has 100 valence electrons. The lowest BCUT2D eigenvalue weighted by Crippen LogP contribution is -2.13. The molecule has 1 aromatic carbocycles. The Morgan fingerprint density at radius 3 is 2.78 bits per heavy atom. The minimum atomic E-state index is -0.428. The summed E-state index contributed by atoms with van der Waals surface area (Å²) in [5.74, 6) is 0.698. The van der Waals surface area contributed by atoms with E-state index in [9.17, 15) is 10.1 Å². The number of nitro groups is 1. The van der Waals surface area contributed by atoms with Crippen molar-refractivity contribution < 1.29 is 9.66 Å². The van der Waals surface area contributed by atoms with Crippen LogP contribution < -0.4 is 4.74 Å². The van der Waals surface area contributed by atoms with Crippen LogP contribution in [0.1, 0.15) is 19.8 Å². The van der Waals surface area contributed by atoms with Crippen LogP contribution in [-0.4, -0.2) is 16.9 Å². The molecule has 6 heteroatoms. The summed E-state index contributed by atoms with van der Waals surface area (Å²) >= 11 is 6.64. The van der Waals surface area contributed by atoms with Gasteiger partial charge in [0.05, 0.1) is 11.5 Å². The van der Waals surface area contributed by atoms with Crippen molar-refractivity contribution in [3.63, 3.8) is 0 Å². The van der Waals surface area contributed by atoms with Gasteiger partial charge in [-0.15, -0.1) is 0 Å². The highest BCUT2D eigenvalue weighted by Gasteiger charge is 2.17. The predicted octanol–water partition coefficient (Wildman–Crippen LogP) is 4.55. The van der Waals surface area contributed by atoms with E-state index in [0.29, 0.717) is 22.7 Å². The summed E-state index contributed by atoms with van der Waals surface area (Å²) < 4.78 is 6.24. The molecule has 0 saturated heterocycles. The average molecular weight is 381 g/mol. The Bertz CT molecular complexity index is 412. The molecule has 18 heavy (non-hydrogen) atoms. The third-order valence-electron chi connectivity index (χ3n) is 2.51. The predicted molar refractivity (Wildman–Crippen MR) is 78.5 cm³/mol. The largest absolute Gasteiger partial charge is 0.486 e. The maximum Gasteiger partial charge on any atom is 0.312 e. The Morgan fingerprint density at radius 1 is 1.50 bits per heavy atom. The van der Waals surface area contributed by atoms with E-state index in [1.807, 2.05) is 0 Å². The number of alkyl halides is 1. The molecule has 0 spiro atoms. The van der Waals surface area contributed by atoms with Crippen LogP contribution in [0.25, 0.3) is 0 Å². The van der Waals surface area contributed by atoms with E-state index in [0.717, 1.165) is 18.2 Å². The van der Waals surface area contributed by atoms with Gasteiger partial charge in [-0.2, -0.15) is 0 Å². The van der Waals surface area contributed by atoms with E-state index >= 15 is 0 Å². The number of hydrogen-bond acceptors (Lipinski definition) is 3. The fourth-order valence-corrected chi connectivity index (χ4v) is 2.44. The Hall–Kier alpha value is -0.620. The summed E-state index contributed by atoms with van der Waals surface area (Å²) in [5, 5.41) is 11.7. The Labute approximate surface area is 123 Å². The minimum absolute atomic E-state index is 0.00537. The summed E-state index contributed by atoms with van der Waals surface area (Å²) in [6, 6.07) is 4.82. The number of nitrogens with zero attached hydrogens (tertiary/aromatic N) is 1. The smallest absolute Gasteiger partial charge is 0.312 e. The monoisotopic (exact) mass is 379 g/mol. The molecular weight excluding hydrogens is 366 g/mol. The first kappa shape index (κ1) is 15.4. The molecule has 0 fully saturated rings. The van der Waals surface area contributed by atoms with E-state index in [2.05, 4.69) is 38.8 Å². The summed E-state index contributed by atoms with van der Waals surface area (Å²) in [6.45, 7) is 2.60. The van der Waals surface area contributed by atoms with Gasteiger partial charge < -0.3 is 4.74 Å². The molecular formula is C12H15Br2NO3. The lowest BCUT2D eigenvalue weighted by molar-refractivity contribution is -0.386. The van der Waals surface area contributed by atoms with Gasteiger partial charge in [-0.25, -0.2) is 0 Å². The van der Waals surface area contributed by atoms with Crippen LogP contribution in [0.3, 0.4) is 0 Å². The van der Waals surface area contributed by atoms with Crippen molar-refractivity contribution >= 4 is 37.5 Å². The molecule has 4 nitrogen and oxygen atoms in total. The number of hydrogen-bond donors (Lipinski definition) is 0. The second-order valence-electron chi connectivity index (χ2n) is 3.99. The standard InChI is InChI=1S/C12H15Br2NO3/c1-2-3-9(7-13)8-18-12-5-4-10(14)6-11(12)15(16)17/h4-6,9H,2-3,7-8H2,1H3. The number of ether oxygens (including phenoxy) is 1. The van der Waals surface area contributed by atoms with Crippen molar-refractivity contribution in [2.24, 2.45) is 5.92 Å². The lowest BCUT2D eigenvalue weighted by Gasteiger charge is -2.14. The van der Waals surface area contributed by atoms with Crippen LogP contribution >= 0.6 is 31.9 Å². The van der Waals surface area contributed by atoms with Gasteiger partial charge >= 0.3 is 5.69 Å². The van der Waals surface area contributed by atoms with Gasteiger partial charge in [-0.1, -0.05) is 45.2 Å². The van der Waals surface area contributed by atoms with Crippen molar-refractivity contribution in [1.82, 2.24) is 0 Å². The van der Waals surface area contributed by atoms with Crippen LogP contribution in [0, 0.1) is 16.0 Å². The molecule has 0 N–H and O–H groups in total. The molecule has 0 amide bonds. The first-order chi connectivity index (χ1) is 8.58. The maximum absolute atomic E-state index is 10.9. The van der Waals surface area contributed by atoms with Crippen molar-refractivity contribution in [3.05, 3.63) is 32.8 Å². The van der Waals surface area contributed by atoms with Gasteiger partial charge in [-0.3, -0.25) is 10.1 Å². The lowest BCUT2D eigenvalue weighted by atomic mass is 10.1. The molecule has 0 aliphatic heterocycles. The quantitative estimate of drug-likeness (QED) is 0.396. The van der Waals surface area contributed by atoms with Gasteiger partial charge in [0.15, 0.2) is 5.75 Å². The topological polar surface area (TPSA) is 52.4 Å². The third-order valence-corrected chi connectivity index (χ3v) is 3.92. The second kappa shape index (κ2) is 7.74. The summed E-state index contributed by atoms with van der Waals surface area (Å²) in [6.07, 6.45) is 2.11. The van der Waals surface area contributed by atoms with Gasteiger partial charge in [0.2, 0.25) is 0 Å². The minimum Gasteiger partial charge on any atom is -0.486 e. The fraction of sp³-hybridized carbons (Fsp3) is 0.500. The number of rotatable bonds is 7. The van der Waals surface area contributed by atoms with E-state index in [1.54, 1.807) is 12.1 Å².